The van der Waals surface area contributed by atoms with Crippen LogP contribution in [-0.2, 0) is 46.6 Å². The van der Waals surface area contributed by atoms with E-state index in [0.29, 0.717) is 11.1 Å². The number of benzene rings is 1. The first-order valence-corrected chi connectivity index (χ1v) is 10.5. The lowest BCUT2D eigenvalue weighted by atomic mass is 10.1. The fraction of sp³-hybridized carbons (Fsp3) is 0.357. The normalized spacial score (nSPS) is 11.8. The van der Waals surface area contributed by atoms with Gasteiger partial charge in [-0.2, -0.15) is 16.8 Å². The molecule has 1 rings (SSSR count). The van der Waals surface area contributed by atoms with Gasteiger partial charge in [0.2, 0.25) is 0 Å². The molecular formula is C14H19NO8S2. The number of rotatable bonds is 9. The lowest BCUT2D eigenvalue weighted by Crippen LogP contribution is -2.14. The van der Waals surface area contributed by atoms with E-state index in [0.717, 1.165) is 12.5 Å². The predicted octanol–water partition coefficient (Wildman–Crippen LogP) is 1.37. The largest absolute Gasteiger partial charge is 0.445 e. The molecule has 25 heavy (non-hydrogen) atoms. The van der Waals surface area contributed by atoms with Crippen molar-refractivity contribution in [2.24, 2.45) is 0 Å². The molecule has 1 aromatic rings. The van der Waals surface area contributed by atoms with Gasteiger partial charge in [-0.1, -0.05) is 18.7 Å². The fourth-order valence-corrected chi connectivity index (χ4v) is 2.34. The monoisotopic (exact) mass is 393 g/mol. The molecule has 0 aromatic heterocycles. The Morgan fingerprint density at radius 3 is 1.92 bits per heavy atom. The average molecular weight is 393 g/mol. The van der Waals surface area contributed by atoms with Gasteiger partial charge in [0.05, 0.1) is 25.7 Å². The van der Waals surface area contributed by atoms with Crippen molar-refractivity contribution >= 4 is 32.0 Å². The van der Waals surface area contributed by atoms with Gasteiger partial charge in [0.15, 0.2) is 0 Å². The molecule has 11 heteroatoms. The van der Waals surface area contributed by atoms with Crippen LogP contribution in [0, 0.1) is 0 Å². The quantitative estimate of drug-likeness (QED) is 0.493. The van der Waals surface area contributed by atoms with Crippen LogP contribution in [0.1, 0.15) is 11.1 Å². The van der Waals surface area contributed by atoms with Crippen LogP contribution >= 0.6 is 0 Å². The summed E-state index contributed by atoms with van der Waals surface area (Å²) in [5.74, 6) is 0. The minimum Gasteiger partial charge on any atom is -0.445 e. The van der Waals surface area contributed by atoms with E-state index in [9.17, 15) is 21.6 Å². The van der Waals surface area contributed by atoms with Crippen LogP contribution < -0.4 is 5.32 Å². The first-order chi connectivity index (χ1) is 11.5. The number of hydrogen-bond donors (Lipinski definition) is 1. The second-order valence-electron chi connectivity index (χ2n) is 4.98. The van der Waals surface area contributed by atoms with Gasteiger partial charge in [0.25, 0.3) is 20.2 Å². The summed E-state index contributed by atoms with van der Waals surface area (Å²) in [6.45, 7) is 2.84. The van der Waals surface area contributed by atoms with Crippen molar-refractivity contribution in [1.29, 1.82) is 0 Å². The Kier molecular flexibility index (Phi) is 7.55. The maximum absolute atomic E-state index is 11.6. The summed E-state index contributed by atoms with van der Waals surface area (Å²) in [6, 6.07) is 4.42. The summed E-state index contributed by atoms with van der Waals surface area (Å²) in [5.41, 5.74) is 1.04. The highest BCUT2D eigenvalue weighted by atomic mass is 32.2. The number of anilines is 1. The molecule has 9 nitrogen and oxygen atoms in total. The Morgan fingerprint density at radius 1 is 1.04 bits per heavy atom. The summed E-state index contributed by atoms with van der Waals surface area (Å²) in [6.07, 6.45) is 2.43. The van der Waals surface area contributed by atoms with Crippen LogP contribution in [0.5, 0.6) is 0 Å². The van der Waals surface area contributed by atoms with Gasteiger partial charge in [0.1, 0.15) is 6.61 Å². The van der Waals surface area contributed by atoms with E-state index in [1.54, 1.807) is 0 Å². The average Bonchev–Trinajstić information content (AvgIpc) is 2.47. The van der Waals surface area contributed by atoms with Crippen LogP contribution in [-0.4, -0.2) is 42.0 Å². The van der Waals surface area contributed by atoms with Crippen molar-refractivity contribution in [3.8, 4) is 0 Å². The number of carbonyl (C=O) groups excluding carboxylic acids is 1. The number of amides is 1. The summed E-state index contributed by atoms with van der Waals surface area (Å²) in [7, 11) is -7.34. The van der Waals surface area contributed by atoms with E-state index in [1.165, 1.54) is 24.3 Å². The van der Waals surface area contributed by atoms with Crippen molar-refractivity contribution < 1.29 is 34.7 Å². The molecule has 0 saturated carbocycles. The molecule has 0 aliphatic heterocycles. The van der Waals surface area contributed by atoms with Crippen LogP contribution in [0.2, 0.25) is 0 Å². The Hall–Kier alpha value is -1.95. The molecule has 140 valence electrons. The maximum atomic E-state index is 11.6. The molecular weight excluding hydrogens is 374 g/mol. The molecule has 0 heterocycles. The van der Waals surface area contributed by atoms with Gasteiger partial charge < -0.3 is 4.74 Å². The second kappa shape index (κ2) is 8.94. The second-order valence-corrected chi connectivity index (χ2v) is 8.27. The molecule has 1 aromatic carbocycles. The van der Waals surface area contributed by atoms with Crippen LogP contribution in [0.4, 0.5) is 10.5 Å². The molecule has 0 fully saturated rings. The highest BCUT2D eigenvalue weighted by Gasteiger charge is 2.10. The van der Waals surface area contributed by atoms with Crippen LogP contribution in [0.3, 0.4) is 0 Å². The molecule has 1 N–H and O–H groups in total. The minimum atomic E-state index is -3.67. The zero-order valence-corrected chi connectivity index (χ0v) is 15.4. The predicted molar refractivity (Wildman–Crippen MR) is 90.9 cm³/mol. The number of hydrogen-bond acceptors (Lipinski definition) is 8. The van der Waals surface area contributed by atoms with E-state index in [4.69, 9.17) is 13.1 Å². The van der Waals surface area contributed by atoms with Gasteiger partial charge in [-0.3, -0.25) is 13.7 Å². The van der Waals surface area contributed by atoms with E-state index in [2.05, 4.69) is 11.9 Å². The zero-order chi connectivity index (χ0) is 19.1. The highest BCUT2D eigenvalue weighted by Crippen LogP contribution is 2.18. The third-order valence-electron chi connectivity index (χ3n) is 2.51. The van der Waals surface area contributed by atoms with Gasteiger partial charge in [-0.25, -0.2) is 4.79 Å². The molecule has 0 spiro atoms. The Bertz CT molecular complexity index is 776. The standard InChI is InChI=1S/C14H19NO8S2/c1-4-5-21-14(16)15-13-7-11(9-22-24(2,17)18)6-12(8-13)10-23-25(3,19)20/h4,6-8H,1,5,9-10H2,2-3H3,(H,15,16). The van der Waals surface area contributed by atoms with Crippen molar-refractivity contribution in [3.05, 3.63) is 42.0 Å². The van der Waals surface area contributed by atoms with Crippen molar-refractivity contribution in [1.82, 2.24) is 0 Å². The van der Waals surface area contributed by atoms with E-state index >= 15 is 0 Å². The Balaban J connectivity index is 2.99. The summed E-state index contributed by atoms with van der Waals surface area (Å²) < 4.78 is 58.6. The summed E-state index contributed by atoms with van der Waals surface area (Å²) in [5, 5.41) is 2.43. The topological polar surface area (TPSA) is 125 Å². The van der Waals surface area contributed by atoms with E-state index < -0.39 is 26.3 Å². The Labute approximate surface area is 146 Å². The fourth-order valence-electron chi connectivity index (χ4n) is 1.64. The molecule has 0 aliphatic rings. The number of ether oxygens (including phenoxy) is 1. The SMILES string of the molecule is C=CCOC(=O)Nc1cc(COS(C)(=O)=O)cc(COS(C)(=O)=O)c1. The lowest BCUT2D eigenvalue weighted by Gasteiger charge is -2.11. The van der Waals surface area contributed by atoms with Crippen molar-refractivity contribution in [2.45, 2.75) is 13.2 Å². The zero-order valence-electron chi connectivity index (χ0n) is 13.7. The first kappa shape index (κ1) is 21.1. The van der Waals surface area contributed by atoms with Gasteiger partial charge >= 0.3 is 6.09 Å². The lowest BCUT2D eigenvalue weighted by molar-refractivity contribution is 0.174. The smallest absolute Gasteiger partial charge is 0.411 e. The molecule has 0 unspecified atom stereocenters. The molecule has 1 amide bonds. The number of nitrogens with one attached hydrogen (secondary N) is 1. The van der Waals surface area contributed by atoms with Gasteiger partial charge in [-0.15, -0.1) is 0 Å². The molecule has 0 aliphatic carbocycles. The molecule has 0 radical (unpaired) electrons. The molecule has 0 saturated heterocycles. The Morgan fingerprint density at radius 2 is 1.52 bits per heavy atom. The van der Waals surface area contributed by atoms with E-state index in [-0.39, 0.29) is 25.5 Å². The van der Waals surface area contributed by atoms with E-state index in [1.807, 2.05) is 0 Å². The van der Waals surface area contributed by atoms with Crippen LogP contribution in [0.25, 0.3) is 0 Å². The van der Waals surface area contributed by atoms with Crippen LogP contribution in [0.15, 0.2) is 30.9 Å². The number of carbonyl (C=O) groups is 1. The highest BCUT2D eigenvalue weighted by molar-refractivity contribution is 7.86. The first-order valence-electron chi connectivity index (χ1n) is 6.85. The van der Waals surface area contributed by atoms with Crippen molar-refractivity contribution in [2.75, 3.05) is 24.4 Å². The third-order valence-corrected chi connectivity index (χ3v) is 3.60. The van der Waals surface area contributed by atoms with Crippen molar-refractivity contribution in [3.63, 3.8) is 0 Å². The van der Waals surface area contributed by atoms with Gasteiger partial charge in [-0.05, 0) is 23.3 Å². The summed E-state index contributed by atoms with van der Waals surface area (Å²) >= 11 is 0. The molecule has 0 bridgehead atoms. The minimum absolute atomic E-state index is 0.00671. The summed E-state index contributed by atoms with van der Waals surface area (Å²) in [4.78, 5) is 11.6. The maximum Gasteiger partial charge on any atom is 0.411 e. The van der Waals surface area contributed by atoms with Gasteiger partial charge in [0, 0.05) is 5.69 Å². The third kappa shape index (κ3) is 9.82. The molecule has 0 atom stereocenters.